The number of rotatable bonds is 3. The molecule has 2 N–H and O–H groups in total. The molecule has 0 unspecified atom stereocenters. The predicted molar refractivity (Wildman–Crippen MR) is 84.9 cm³/mol. The van der Waals surface area contributed by atoms with Crippen LogP contribution in [0, 0.1) is 11.3 Å². The molecule has 1 saturated heterocycles. The number of piperidine rings is 1. The van der Waals surface area contributed by atoms with Gasteiger partial charge in [-0.15, -0.1) is 0 Å². The van der Waals surface area contributed by atoms with Crippen LogP contribution in [0.4, 0.5) is 4.79 Å². The lowest BCUT2D eigenvalue weighted by molar-refractivity contribution is -0.184. The van der Waals surface area contributed by atoms with Gasteiger partial charge in [-0.05, 0) is 49.9 Å². The highest BCUT2D eigenvalue weighted by Gasteiger charge is 2.47. The predicted octanol–water partition coefficient (Wildman–Crippen LogP) is 3.11. The number of carbonyl (C=O) groups is 1. The monoisotopic (exact) mass is 313 g/mol. The van der Waals surface area contributed by atoms with Crippen LogP contribution in [-0.4, -0.2) is 52.6 Å². The minimum Gasteiger partial charge on any atom is -0.465 e. The number of likely N-dealkylation sites (tertiary alicyclic amines) is 1. The van der Waals surface area contributed by atoms with Crippen molar-refractivity contribution in [2.24, 2.45) is 11.3 Å². The SMILES string of the molecule is CC(C)(C)C1(OC2CCC(CO)CC2)CCN(C(=O)O)CC1. The molecule has 5 heteroatoms. The summed E-state index contributed by atoms with van der Waals surface area (Å²) in [6.45, 7) is 7.98. The fourth-order valence-electron chi connectivity index (χ4n) is 3.86. The van der Waals surface area contributed by atoms with Crippen LogP contribution in [0.1, 0.15) is 59.3 Å². The van der Waals surface area contributed by atoms with Crippen molar-refractivity contribution in [2.45, 2.75) is 71.0 Å². The van der Waals surface area contributed by atoms with E-state index in [1.807, 2.05) is 0 Å². The number of carboxylic acid groups (broad SMARTS) is 1. The minimum absolute atomic E-state index is 0.00851. The average molecular weight is 313 g/mol. The zero-order valence-corrected chi connectivity index (χ0v) is 14.2. The molecule has 22 heavy (non-hydrogen) atoms. The highest BCUT2D eigenvalue weighted by Crippen LogP contribution is 2.44. The molecule has 1 saturated carbocycles. The van der Waals surface area contributed by atoms with Crippen LogP contribution in [0.3, 0.4) is 0 Å². The van der Waals surface area contributed by atoms with Crippen LogP contribution in [0.2, 0.25) is 0 Å². The van der Waals surface area contributed by atoms with E-state index in [2.05, 4.69) is 20.8 Å². The zero-order valence-electron chi connectivity index (χ0n) is 14.2. The van der Waals surface area contributed by atoms with Crippen LogP contribution in [0.25, 0.3) is 0 Å². The molecule has 0 spiro atoms. The maximum atomic E-state index is 11.1. The number of hydrogen-bond donors (Lipinski definition) is 2. The Hall–Kier alpha value is -0.810. The molecule has 2 aliphatic rings. The van der Waals surface area contributed by atoms with Crippen molar-refractivity contribution in [1.29, 1.82) is 0 Å². The lowest BCUT2D eigenvalue weighted by Gasteiger charge is -2.51. The quantitative estimate of drug-likeness (QED) is 0.840. The molecule has 0 atom stereocenters. The van der Waals surface area contributed by atoms with Crippen LogP contribution in [0.5, 0.6) is 0 Å². The van der Waals surface area contributed by atoms with Crippen molar-refractivity contribution in [3.05, 3.63) is 0 Å². The van der Waals surface area contributed by atoms with E-state index in [0.29, 0.717) is 19.0 Å². The van der Waals surface area contributed by atoms with Gasteiger partial charge in [-0.25, -0.2) is 4.79 Å². The van der Waals surface area contributed by atoms with Crippen LogP contribution < -0.4 is 0 Å². The van der Waals surface area contributed by atoms with E-state index in [0.717, 1.165) is 38.5 Å². The Balaban J connectivity index is 2.01. The van der Waals surface area contributed by atoms with Crippen LogP contribution >= 0.6 is 0 Å². The number of nitrogens with zero attached hydrogens (tertiary/aromatic N) is 1. The second kappa shape index (κ2) is 6.75. The molecule has 1 amide bonds. The second-order valence-electron chi connectivity index (χ2n) is 7.96. The topological polar surface area (TPSA) is 70.0 Å². The summed E-state index contributed by atoms with van der Waals surface area (Å²) < 4.78 is 6.60. The van der Waals surface area contributed by atoms with Gasteiger partial charge in [0.1, 0.15) is 0 Å². The van der Waals surface area contributed by atoms with Crippen molar-refractivity contribution < 1.29 is 19.7 Å². The summed E-state index contributed by atoms with van der Waals surface area (Å²) in [5, 5.41) is 18.4. The number of ether oxygens (including phenoxy) is 1. The third-order valence-electron chi connectivity index (χ3n) is 5.65. The summed E-state index contributed by atoms with van der Waals surface area (Å²) in [6, 6.07) is 0. The van der Waals surface area contributed by atoms with Gasteiger partial charge < -0.3 is 19.8 Å². The highest BCUT2D eigenvalue weighted by molar-refractivity contribution is 5.65. The molecule has 0 aromatic carbocycles. The average Bonchev–Trinajstić information content (AvgIpc) is 2.47. The van der Waals surface area contributed by atoms with E-state index in [-0.39, 0.29) is 23.7 Å². The van der Waals surface area contributed by atoms with Crippen molar-refractivity contribution in [3.63, 3.8) is 0 Å². The van der Waals surface area contributed by atoms with Gasteiger partial charge in [0.25, 0.3) is 0 Å². The summed E-state index contributed by atoms with van der Waals surface area (Å²) >= 11 is 0. The lowest BCUT2D eigenvalue weighted by Crippen LogP contribution is -2.56. The van der Waals surface area contributed by atoms with Crippen molar-refractivity contribution >= 4 is 6.09 Å². The van der Waals surface area contributed by atoms with Gasteiger partial charge in [0.2, 0.25) is 0 Å². The second-order valence-corrected chi connectivity index (χ2v) is 7.96. The number of hydrogen-bond acceptors (Lipinski definition) is 3. The Morgan fingerprint density at radius 3 is 2.14 bits per heavy atom. The lowest BCUT2D eigenvalue weighted by atomic mass is 9.70. The van der Waals surface area contributed by atoms with Gasteiger partial charge in [-0.1, -0.05) is 20.8 Å². The molecule has 0 radical (unpaired) electrons. The Bertz CT molecular complexity index is 375. The Kier molecular flexibility index (Phi) is 5.38. The molecule has 0 aromatic rings. The summed E-state index contributed by atoms with van der Waals surface area (Å²) in [5.41, 5.74) is -0.249. The molecule has 2 fully saturated rings. The van der Waals surface area contributed by atoms with Gasteiger partial charge in [-0.2, -0.15) is 0 Å². The van der Waals surface area contributed by atoms with E-state index < -0.39 is 6.09 Å². The first kappa shape index (κ1) is 17.5. The summed E-state index contributed by atoms with van der Waals surface area (Å²) in [5.74, 6) is 0.430. The van der Waals surface area contributed by atoms with Gasteiger partial charge in [0.05, 0.1) is 11.7 Å². The Labute approximate surface area is 133 Å². The Morgan fingerprint density at radius 2 is 1.73 bits per heavy atom. The third kappa shape index (κ3) is 3.74. The van der Waals surface area contributed by atoms with Crippen molar-refractivity contribution in [1.82, 2.24) is 4.90 Å². The smallest absolute Gasteiger partial charge is 0.407 e. The van der Waals surface area contributed by atoms with Gasteiger partial charge in [0, 0.05) is 19.7 Å². The first-order chi connectivity index (χ1) is 10.3. The molecule has 5 nitrogen and oxygen atoms in total. The molecule has 0 aromatic heterocycles. The van der Waals surface area contributed by atoms with E-state index in [1.54, 1.807) is 0 Å². The molecule has 1 aliphatic heterocycles. The summed E-state index contributed by atoms with van der Waals surface area (Å²) in [7, 11) is 0. The van der Waals surface area contributed by atoms with E-state index in [9.17, 15) is 9.90 Å². The minimum atomic E-state index is -0.828. The highest BCUT2D eigenvalue weighted by atomic mass is 16.5. The largest absolute Gasteiger partial charge is 0.465 e. The number of amides is 1. The standard InChI is InChI=1S/C17H31NO4/c1-16(2,3)17(8-10-18(11-9-17)15(20)21)22-14-6-4-13(12-19)5-7-14/h13-14,19H,4-12H2,1-3H3,(H,20,21). The summed E-state index contributed by atoms with van der Waals surface area (Å²) in [6.07, 6.45) is 5.03. The van der Waals surface area contributed by atoms with Crippen molar-refractivity contribution in [2.75, 3.05) is 19.7 Å². The number of aliphatic hydroxyl groups excluding tert-OH is 1. The summed E-state index contributed by atoms with van der Waals surface area (Å²) in [4.78, 5) is 12.6. The maximum absolute atomic E-state index is 11.1. The first-order valence-electron chi connectivity index (χ1n) is 8.54. The van der Waals surface area contributed by atoms with Gasteiger partial charge >= 0.3 is 6.09 Å². The molecule has 1 aliphatic carbocycles. The molecule has 2 rings (SSSR count). The molecule has 0 bridgehead atoms. The maximum Gasteiger partial charge on any atom is 0.407 e. The Morgan fingerprint density at radius 1 is 1.18 bits per heavy atom. The van der Waals surface area contributed by atoms with E-state index >= 15 is 0 Å². The third-order valence-corrected chi connectivity index (χ3v) is 5.65. The molecule has 1 heterocycles. The zero-order chi connectivity index (χ0) is 16.4. The van der Waals surface area contributed by atoms with Crippen molar-refractivity contribution in [3.8, 4) is 0 Å². The van der Waals surface area contributed by atoms with E-state index in [4.69, 9.17) is 9.84 Å². The molecular formula is C17H31NO4. The fourth-order valence-corrected chi connectivity index (χ4v) is 3.86. The normalized spacial score (nSPS) is 29.4. The van der Waals surface area contributed by atoms with Crippen LogP contribution in [-0.2, 0) is 4.74 Å². The van der Waals surface area contributed by atoms with E-state index in [1.165, 1.54) is 4.90 Å². The van der Waals surface area contributed by atoms with Crippen LogP contribution in [0.15, 0.2) is 0 Å². The fraction of sp³-hybridized carbons (Fsp3) is 0.941. The van der Waals surface area contributed by atoms with Gasteiger partial charge in [-0.3, -0.25) is 0 Å². The molecule has 128 valence electrons. The van der Waals surface area contributed by atoms with Gasteiger partial charge in [0.15, 0.2) is 0 Å². The first-order valence-corrected chi connectivity index (χ1v) is 8.54. The number of aliphatic hydroxyl groups is 1. The molecular weight excluding hydrogens is 282 g/mol.